The van der Waals surface area contributed by atoms with Crippen molar-refractivity contribution in [1.82, 2.24) is 23.5 Å². The maximum absolute atomic E-state index is 5.32. The van der Waals surface area contributed by atoms with Gasteiger partial charge in [0.15, 0.2) is 0 Å². The van der Waals surface area contributed by atoms with Crippen LogP contribution in [-0.4, -0.2) is 23.5 Å². The van der Waals surface area contributed by atoms with E-state index in [2.05, 4.69) is 158 Å². The van der Waals surface area contributed by atoms with Crippen LogP contribution in [0.25, 0.3) is 93.3 Å². The molecule has 6 aromatic carbocycles. The number of para-hydroxylation sites is 5. The summed E-state index contributed by atoms with van der Waals surface area (Å²) in [5.74, 6) is 0. The van der Waals surface area contributed by atoms with Gasteiger partial charge in [-0.05, 0) is 72.1 Å². The van der Waals surface area contributed by atoms with Gasteiger partial charge in [0.2, 0.25) is 0 Å². The Morgan fingerprint density at radius 3 is 1.89 bits per heavy atom. The zero-order valence-electron chi connectivity index (χ0n) is 25.2. The maximum atomic E-state index is 5.32. The minimum Gasteiger partial charge on any atom is -0.309 e. The van der Waals surface area contributed by atoms with Crippen LogP contribution in [0.5, 0.6) is 0 Å². The largest absolute Gasteiger partial charge is 0.309 e. The van der Waals surface area contributed by atoms with Gasteiger partial charge in [0, 0.05) is 56.1 Å². The molecule has 0 amide bonds. The summed E-state index contributed by atoms with van der Waals surface area (Å²) in [5, 5.41) is 8.28. The van der Waals surface area contributed by atoms with Gasteiger partial charge in [-0.1, -0.05) is 72.8 Å². The molecule has 0 aliphatic carbocycles. The minimum atomic E-state index is 0.962. The fourth-order valence-electron chi connectivity index (χ4n) is 7.96. The summed E-state index contributed by atoms with van der Waals surface area (Å²) in [5.41, 5.74) is 11.1. The molecular weight excluding hydrogens is 574 g/mol. The Balaban J connectivity index is 1.43. The number of pyridine rings is 2. The highest BCUT2D eigenvalue weighted by atomic mass is 15.0. The normalized spacial score (nSPS) is 12.3. The predicted octanol–water partition coefficient (Wildman–Crippen LogP) is 10.4. The number of nitrogens with zero attached hydrogens (tertiary/aromatic N) is 5. The van der Waals surface area contributed by atoms with Crippen LogP contribution >= 0.6 is 0 Å². The van der Waals surface area contributed by atoms with E-state index in [4.69, 9.17) is 4.98 Å². The summed E-state index contributed by atoms with van der Waals surface area (Å²) in [6, 6.07) is 50.0. The lowest BCUT2D eigenvalue weighted by molar-refractivity contribution is 1.16. The number of rotatable bonds is 2. The molecule has 5 heteroatoms. The molecule has 0 saturated heterocycles. The molecule has 0 radical (unpaired) electrons. The van der Waals surface area contributed by atoms with Crippen LogP contribution < -0.4 is 0 Å². The second kappa shape index (κ2) is 9.05. The monoisotopic (exact) mass is 599 g/mol. The Morgan fingerprint density at radius 1 is 0.404 bits per heavy atom. The molecule has 5 heterocycles. The summed E-state index contributed by atoms with van der Waals surface area (Å²) < 4.78 is 7.14. The lowest BCUT2D eigenvalue weighted by Crippen LogP contribution is -1.96. The highest BCUT2D eigenvalue weighted by molar-refractivity contribution is 6.31. The molecule has 0 fully saturated rings. The number of imidazole rings is 1. The smallest absolute Gasteiger partial charge is 0.147 e. The van der Waals surface area contributed by atoms with E-state index < -0.39 is 0 Å². The van der Waals surface area contributed by atoms with Gasteiger partial charge in [-0.25, -0.2) is 4.98 Å². The van der Waals surface area contributed by atoms with Crippen molar-refractivity contribution in [3.8, 4) is 11.4 Å². The second-order valence-corrected chi connectivity index (χ2v) is 12.3. The van der Waals surface area contributed by atoms with Crippen molar-refractivity contribution in [1.29, 1.82) is 0 Å². The molecule has 5 nitrogen and oxygen atoms in total. The molecule has 0 aliphatic rings. The molecular formula is C42H25N5. The van der Waals surface area contributed by atoms with Gasteiger partial charge in [0.1, 0.15) is 5.65 Å². The number of fused-ring (bicyclic) bond motifs is 15. The number of benzene rings is 6. The molecule has 0 unspecified atom stereocenters. The average Bonchev–Trinajstić information content (AvgIpc) is 3.79. The van der Waals surface area contributed by atoms with Crippen molar-refractivity contribution in [3.63, 3.8) is 0 Å². The molecule has 0 saturated carbocycles. The van der Waals surface area contributed by atoms with Crippen LogP contribution in [0.2, 0.25) is 0 Å². The fourth-order valence-corrected chi connectivity index (χ4v) is 7.96. The van der Waals surface area contributed by atoms with Gasteiger partial charge in [-0.2, -0.15) is 0 Å². The summed E-state index contributed by atoms with van der Waals surface area (Å²) in [6.07, 6.45) is 3.88. The highest BCUT2D eigenvalue weighted by Gasteiger charge is 2.23. The maximum Gasteiger partial charge on any atom is 0.147 e. The zero-order chi connectivity index (χ0) is 30.6. The molecule has 11 aromatic rings. The van der Waals surface area contributed by atoms with Crippen molar-refractivity contribution in [2.75, 3.05) is 0 Å². The third-order valence-corrected chi connectivity index (χ3v) is 9.87. The Labute approximate surface area is 268 Å². The first-order valence-electron chi connectivity index (χ1n) is 15.9. The summed E-state index contributed by atoms with van der Waals surface area (Å²) >= 11 is 0. The van der Waals surface area contributed by atoms with Gasteiger partial charge in [-0.15, -0.1) is 0 Å². The molecule has 0 bridgehead atoms. The summed E-state index contributed by atoms with van der Waals surface area (Å²) in [6.45, 7) is 0. The Morgan fingerprint density at radius 2 is 1.09 bits per heavy atom. The van der Waals surface area contributed by atoms with E-state index in [0.717, 1.165) is 60.8 Å². The van der Waals surface area contributed by atoms with Crippen LogP contribution in [0.1, 0.15) is 0 Å². The van der Waals surface area contributed by atoms with E-state index in [1.165, 1.54) is 32.6 Å². The molecule has 47 heavy (non-hydrogen) atoms. The van der Waals surface area contributed by atoms with E-state index in [9.17, 15) is 0 Å². The van der Waals surface area contributed by atoms with Crippen LogP contribution in [0, 0.1) is 0 Å². The van der Waals surface area contributed by atoms with Gasteiger partial charge in [-0.3, -0.25) is 9.38 Å². The van der Waals surface area contributed by atoms with Gasteiger partial charge in [0.25, 0.3) is 0 Å². The van der Waals surface area contributed by atoms with E-state index >= 15 is 0 Å². The first-order valence-corrected chi connectivity index (χ1v) is 15.9. The fraction of sp³-hybridized carbons (Fsp3) is 0. The summed E-state index contributed by atoms with van der Waals surface area (Å²) in [7, 11) is 0. The van der Waals surface area contributed by atoms with E-state index in [-0.39, 0.29) is 0 Å². The van der Waals surface area contributed by atoms with Crippen molar-refractivity contribution < 1.29 is 0 Å². The van der Waals surface area contributed by atoms with Crippen LogP contribution in [0.4, 0.5) is 0 Å². The molecule has 11 rings (SSSR count). The lowest BCUT2D eigenvalue weighted by Gasteiger charge is -2.11. The number of hydrogen-bond donors (Lipinski definition) is 0. The number of aromatic nitrogens is 5. The molecule has 218 valence electrons. The van der Waals surface area contributed by atoms with Crippen LogP contribution in [-0.2, 0) is 0 Å². The van der Waals surface area contributed by atoms with Gasteiger partial charge >= 0.3 is 0 Å². The Bertz CT molecular complexity index is 3060. The Hall–Kier alpha value is -6.46. The average molecular weight is 600 g/mol. The minimum absolute atomic E-state index is 0.962. The predicted molar refractivity (Wildman–Crippen MR) is 194 cm³/mol. The highest BCUT2D eigenvalue weighted by Crippen LogP contribution is 2.44. The third kappa shape index (κ3) is 3.22. The van der Waals surface area contributed by atoms with Crippen molar-refractivity contribution in [2.45, 2.75) is 0 Å². The van der Waals surface area contributed by atoms with Crippen molar-refractivity contribution in [3.05, 3.63) is 152 Å². The first kappa shape index (κ1) is 24.8. The molecule has 0 atom stereocenters. The molecule has 0 spiro atoms. The van der Waals surface area contributed by atoms with Gasteiger partial charge in [0.05, 0.1) is 38.6 Å². The van der Waals surface area contributed by atoms with Crippen molar-refractivity contribution >= 4 is 82.0 Å². The standard InChI is InChI=1S/C42H25N5/c1-3-11-26(12-4-1)45-34-17-9-7-15-28(34)30-23-31-39(24-38(30)45)46(27-13-5-2-6-14-27)37-20-19-29-32-25-43-22-21-35(32)47-36-18-10-8-16-33(36)44-42(47)41(29)40(31)37/h1-25H. The SMILES string of the molecule is c1ccc(-n2c3ccccc3c3cc4c5c6c(ccc5n(-c5ccccc5)c4cc32)c2cnccc2n2c3ccccc3nc62)cc1. The quantitative estimate of drug-likeness (QED) is 0.186. The zero-order valence-corrected chi connectivity index (χ0v) is 25.2. The van der Waals surface area contributed by atoms with Crippen LogP contribution in [0.15, 0.2) is 152 Å². The molecule has 5 aromatic heterocycles. The van der Waals surface area contributed by atoms with Gasteiger partial charge < -0.3 is 9.13 Å². The second-order valence-electron chi connectivity index (χ2n) is 12.3. The van der Waals surface area contributed by atoms with E-state index in [1.807, 2.05) is 12.4 Å². The first-order chi connectivity index (χ1) is 23.3. The summed E-state index contributed by atoms with van der Waals surface area (Å²) in [4.78, 5) is 9.91. The van der Waals surface area contributed by atoms with E-state index in [0.29, 0.717) is 0 Å². The van der Waals surface area contributed by atoms with Crippen LogP contribution in [0.3, 0.4) is 0 Å². The van der Waals surface area contributed by atoms with Crippen molar-refractivity contribution in [2.24, 2.45) is 0 Å². The third-order valence-electron chi connectivity index (χ3n) is 9.87. The Kier molecular flexibility index (Phi) is 4.78. The number of hydrogen-bond acceptors (Lipinski definition) is 2. The topological polar surface area (TPSA) is 40.0 Å². The lowest BCUT2D eigenvalue weighted by atomic mass is 10.0. The molecule has 0 aliphatic heterocycles. The molecule has 0 N–H and O–H groups in total. The van der Waals surface area contributed by atoms with E-state index in [1.54, 1.807) is 0 Å².